The van der Waals surface area contributed by atoms with Crippen molar-refractivity contribution in [2.45, 2.75) is 64.5 Å². The normalized spacial score (nSPS) is 20.0. The second kappa shape index (κ2) is 8.56. The molecule has 1 heterocycles. The first-order chi connectivity index (χ1) is 12.5. The lowest BCUT2D eigenvalue weighted by molar-refractivity contribution is -0.129. The molecule has 3 rings (SSSR count). The number of amides is 3. The van der Waals surface area contributed by atoms with Crippen LogP contribution in [-0.4, -0.2) is 36.0 Å². The zero-order chi connectivity index (χ0) is 18.5. The lowest BCUT2D eigenvalue weighted by atomic mass is 9.91. The molecule has 5 nitrogen and oxygen atoms in total. The molecule has 1 atom stereocenters. The van der Waals surface area contributed by atoms with Crippen LogP contribution < -0.4 is 10.6 Å². The van der Waals surface area contributed by atoms with E-state index in [0.29, 0.717) is 5.92 Å². The van der Waals surface area contributed by atoms with E-state index in [2.05, 4.69) is 41.8 Å². The summed E-state index contributed by atoms with van der Waals surface area (Å²) < 4.78 is 0. The SMILES string of the molecule is CC(=O)N1CCC(NC(=O)N[C@H](c2ccc(C)cc2)C2CCCC2)CC1. The highest BCUT2D eigenvalue weighted by atomic mass is 16.2. The Balaban J connectivity index is 1.59. The first kappa shape index (κ1) is 18.7. The van der Waals surface area contributed by atoms with Crippen molar-refractivity contribution in [1.29, 1.82) is 0 Å². The number of rotatable bonds is 4. The molecule has 1 aromatic rings. The van der Waals surface area contributed by atoms with E-state index in [1.54, 1.807) is 6.92 Å². The van der Waals surface area contributed by atoms with E-state index in [-0.39, 0.29) is 24.0 Å². The molecule has 1 saturated heterocycles. The summed E-state index contributed by atoms with van der Waals surface area (Å²) in [6.45, 7) is 5.14. The van der Waals surface area contributed by atoms with E-state index in [1.807, 2.05) is 4.90 Å². The summed E-state index contributed by atoms with van der Waals surface area (Å²) in [5, 5.41) is 6.37. The molecular formula is C21H31N3O2. The van der Waals surface area contributed by atoms with Gasteiger partial charge in [0.25, 0.3) is 0 Å². The summed E-state index contributed by atoms with van der Waals surface area (Å²) in [6, 6.07) is 8.67. The van der Waals surface area contributed by atoms with Crippen molar-refractivity contribution in [3.05, 3.63) is 35.4 Å². The van der Waals surface area contributed by atoms with Crippen molar-refractivity contribution in [1.82, 2.24) is 15.5 Å². The van der Waals surface area contributed by atoms with E-state index in [9.17, 15) is 9.59 Å². The number of hydrogen-bond donors (Lipinski definition) is 2. The number of likely N-dealkylation sites (tertiary alicyclic amines) is 1. The van der Waals surface area contributed by atoms with Gasteiger partial charge in [0, 0.05) is 26.1 Å². The molecule has 3 amide bonds. The molecule has 142 valence electrons. The van der Waals surface area contributed by atoms with Crippen LogP contribution in [0.4, 0.5) is 4.79 Å². The number of piperidine rings is 1. The highest BCUT2D eigenvalue weighted by Crippen LogP contribution is 2.35. The summed E-state index contributed by atoms with van der Waals surface area (Å²) in [5.41, 5.74) is 2.43. The Bertz CT molecular complexity index is 615. The predicted molar refractivity (Wildman–Crippen MR) is 103 cm³/mol. The van der Waals surface area contributed by atoms with Gasteiger partial charge in [-0.3, -0.25) is 4.79 Å². The average Bonchev–Trinajstić information content (AvgIpc) is 3.15. The maximum Gasteiger partial charge on any atom is 0.315 e. The van der Waals surface area contributed by atoms with Gasteiger partial charge in [-0.2, -0.15) is 0 Å². The minimum absolute atomic E-state index is 0.0791. The average molecular weight is 357 g/mol. The highest BCUT2D eigenvalue weighted by Gasteiger charge is 2.29. The molecule has 1 aromatic carbocycles. The monoisotopic (exact) mass is 357 g/mol. The molecule has 1 aliphatic carbocycles. The van der Waals surface area contributed by atoms with Crippen LogP contribution in [0.25, 0.3) is 0 Å². The van der Waals surface area contributed by atoms with Crippen molar-refractivity contribution < 1.29 is 9.59 Å². The summed E-state index contributed by atoms with van der Waals surface area (Å²) in [5.74, 6) is 0.636. The van der Waals surface area contributed by atoms with Gasteiger partial charge in [-0.25, -0.2) is 4.79 Å². The van der Waals surface area contributed by atoms with E-state index in [1.165, 1.54) is 36.8 Å². The van der Waals surface area contributed by atoms with E-state index in [0.717, 1.165) is 25.9 Å². The fraction of sp³-hybridized carbons (Fsp3) is 0.619. The Kier molecular flexibility index (Phi) is 6.17. The van der Waals surface area contributed by atoms with Crippen molar-refractivity contribution >= 4 is 11.9 Å². The summed E-state index contributed by atoms with van der Waals surface area (Å²) in [7, 11) is 0. The van der Waals surface area contributed by atoms with Crippen LogP contribution >= 0.6 is 0 Å². The van der Waals surface area contributed by atoms with Gasteiger partial charge < -0.3 is 15.5 Å². The second-order valence-electron chi connectivity index (χ2n) is 7.83. The van der Waals surface area contributed by atoms with E-state index in [4.69, 9.17) is 0 Å². The largest absolute Gasteiger partial charge is 0.343 e. The molecular weight excluding hydrogens is 326 g/mol. The lowest BCUT2D eigenvalue weighted by Crippen LogP contribution is -2.49. The zero-order valence-corrected chi connectivity index (χ0v) is 16.0. The molecule has 2 aliphatic rings. The second-order valence-corrected chi connectivity index (χ2v) is 7.83. The van der Waals surface area contributed by atoms with Gasteiger partial charge in [0.15, 0.2) is 0 Å². The number of nitrogens with zero attached hydrogens (tertiary/aromatic N) is 1. The smallest absolute Gasteiger partial charge is 0.315 e. The van der Waals surface area contributed by atoms with Crippen LogP contribution in [0.1, 0.15) is 62.6 Å². The molecule has 26 heavy (non-hydrogen) atoms. The van der Waals surface area contributed by atoms with Gasteiger partial charge in [-0.05, 0) is 44.1 Å². The van der Waals surface area contributed by atoms with Gasteiger partial charge in [0.2, 0.25) is 5.91 Å². The number of carbonyl (C=O) groups is 2. The number of nitrogens with one attached hydrogen (secondary N) is 2. The van der Waals surface area contributed by atoms with Crippen LogP contribution in [-0.2, 0) is 4.79 Å². The maximum atomic E-state index is 12.6. The summed E-state index contributed by atoms with van der Waals surface area (Å²) in [6.07, 6.45) is 6.50. The summed E-state index contributed by atoms with van der Waals surface area (Å²) >= 11 is 0. The fourth-order valence-corrected chi connectivity index (χ4v) is 4.24. The van der Waals surface area contributed by atoms with Crippen molar-refractivity contribution in [2.24, 2.45) is 5.92 Å². The fourth-order valence-electron chi connectivity index (χ4n) is 4.24. The molecule has 0 spiro atoms. The standard InChI is InChI=1S/C21H31N3O2/c1-15-7-9-18(10-8-15)20(17-5-3-4-6-17)23-21(26)22-19-11-13-24(14-12-19)16(2)25/h7-10,17,19-20H,3-6,11-14H2,1-2H3,(H2,22,23,26)/t20-/m0/s1. The van der Waals surface area contributed by atoms with Crippen LogP contribution in [0.15, 0.2) is 24.3 Å². The third-order valence-electron chi connectivity index (χ3n) is 5.87. The van der Waals surface area contributed by atoms with Crippen LogP contribution in [0.3, 0.4) is 0 Å². The quantitative estimate of drug-likeness (QED) is 0.866. The minimum atomic E-state index is -0.0799. The van der Waals surface area contributed by atoms with Gasteiger partial charge >= 0.3 is 6.03 Å². The summed E-state index contributed by atoms with van der Waals surface area (Å²) in [4.78, 5) is 25.9. The molecule has 0 bridgehead atoms. The maximum absolute atomic E-state index is 12.6. The number of urea groups is 1. The van der Waals surface area contributed by atoms with Crippen LogP contribution in [0.5, 0.6) is 0 Å². The Labute approximate surface area is 156 Å². The molecule has 0 aromatic heterocycles. The third kappa shape index (κ3) is 4.77. The molecule has 2 N–H and O–H groups in total. The number of hydrogen-bond acceptors (Lipinski definition) is 2. The minimum Gasteiger partial charge on any atom is -0.343 e. The number of benzene rings is 1. The Hall–Kier alpha value is -2.04. The lowest BCUT2D eigenvalue weighted by Gasteiger charge is -2.32. The first-order valence-corrected chi connectivity index (χ1v) is 9.92. The molecule has 5 heteroatoms. The molecule has 0 unspecified atom stereocenters. The van der Waals surface area contributed by atoms with Gasteiger partial charge in [0.05, 0.1) is 6.04 Å². The topological polar surface area (TPSA) is 61.4 Å². The molecule has 1 saturated carbocycles. The number of aryl methyl sites for hydroxylation is 1. The first-order valence-electron chi connectivity index (χ1n) is 9.92. The zero-order valence-electron chi connectivity index (χ0n) is 16.0. The van der Waals surface area contributed by atoms with Gasteiger partial charge in [-0.15, -0.1) is 0 Å². The Morgan fingerprint density at radius 2 is 1.65 bits per heavy atom. The van der Waals surface area contributed by atoms with Crippen LogP contribution in [0, 0.1) is 12.8 Å². The number of carbonyl (C=O) groups excluding carboxylic acids is 2. The molecule has 0 radical (unpaired) electrons. The highest BCUT2D eigenvalue weighted by molar-refractivity contribution is 5.75. The predicted octanol–water partition coefficient (Wildman–Crippen LogP) is 3.54. The van der Waals surface area contributed by atoms with E-state index < -0.39 is 0 Å². The van der Waals surface area contributed by atoms with Gasteiger partial charge in [-0.1, -0.05) is 42.7 Å². The molecule has 2 fully saturated rings. The van der Waals surface area contributed by atoms with E-state index >= 15 is 0 Å². The Morgan fingerprint density at radius 3 is 2.23 bits per heavy atom. The van der Waals surface area contributed by atoms with Crippen LogP contribution in [0.2, 0.25) is 0 Å². The Morgan fingerprint density at radius 1 is 1.04 bits per heavy atom. The molecule has 1 aliphatic heterocycles. The van der Waals surface area contributed by atoms with Crippen molar-refractivity contribution in [3.63, 3.8) is 0 Å². The van der Waals surface area contributed by atoms with Gasteiger partial charge in [0.1, 0.15) is 0 Å². The van der Waals surface area contributed by atoms with Crippen molar-refractivity contribution in [3.8, 4) is 0 Å². The third-order valence-corrected chi connectivity index (χ3v) is 5.87. The van der Waals surface area contributed by atoms with Crippen molar-refractivity contribution in [2.75, 3.05) is 13.1 Å².